The number of nitrogens with one attached hydrogen (secondary N) is 3. The number of nitriles is 1. The molecule has 0 saturated heterocycles. The second kappa shape index (κ2) is 18.0. The molecule has 0 saturated carbocycles. The van der Waals surface area contributed by atoms with Gasteiger partial charge in [0.25, 0.3) is 11.8 Å². The summed E-state index contributed by atoms with van der Waals surface area (Å²) in [6.07, 6.45) is 2.09. The number of nitrogens with zero attached hydrogens (tertiary/aromatic N) is 2. The van der Waals surface area contributed by atoms with E-state index in [0.29, 0.717) is 64.8 Å². The first-order chi connectivity index (χ1) is 26.3. The van der Waals surface area contributed by atoms with Crippen molar-refractivity contribution in [3.05, 3.63) is 106 Å². The fraction of sp³-hybridized carbons (Fsp3) is 0.293. The average molecular weight is 782 g/mol. The van der Waals surface area contributed by atoms with Crippen LogP contribution in [0, 0.1) is 11.3 Å². The third-order valence-corrected chi connectivity index (χ3v) is 10.8. The Morgan fingerprint density at radius 1 is 0.982 bits per heavy atom. The van der Waals surface area contributed by atoms with Gasteiger partial charge < -0.3 is 35.1 Å². The molecule has 0 bridgehead atoms. The first-order valence-electron chi connectivity index (χ1n) is 17.5. The van der Waals surface area contributed by atoms with Crippen LogP contribution >= 0.6 is 23.1 Å². The highest BCUT2D eigenvalue weighted by Gasteiger charge is 2.31. The molecule has 3 N–H and O–H groups in total. The number of fused-ring (bicyclic) bond motifs is 1. The molecule has 3 aromatic carbocycles. The minimum atomic E-state index is -0.630. The van der Waals surface area contributed by atoms with E-state index in [-0.39, 0.29) is 11.6 Å². The number of ether oxygens (including phenoxy) is 3. The van der Waals surface area contributed by atoms with Crippen molar-refractivity contribution < 1.29 is 33.4 Å². The first kappa shape index (κ1) is 40.4. The summed E-state index contributed by atoms with van der Waals surface area (Å²) in [5, 5.41) is 18.5. The van der Waals surface area contributed by atoms with Gasteiger partial charge in [-0.25, -0.2) is 4.79 Å². The number of methoxy groups -OCH3 is 2. The average Bonchev–Trinajstić information content (AvgIpc) is 3.52. The van der Waals surface area contributed by atoms with Crippen molar-refractivity contribution in [1.29, 1.82) is 5.26 Å². The molecular weight excluding hydrogens is 739 g/mol. The highest BCUT2D eigenvalue weighted by Crippen LogP contribution is 2.38. The van der Waals surface area contributed by atoms with Crippen LogP contribution in [0.25, 0.3) is 6.08 Å². The number of amides is 4. The minimum absolute atomic E-state index is 0.00824. The van der Waals surface area contributed by atoms with Gasteiger partial charge in [-0.2, -0.15) is 5.26 Å². The van der Waals surface area contributed by atoms with Gasteiger partial charge in [-0.1, -0.05) is 37.3 Å². The fourth-order valence-corrected chi connectivity index (χ4v) is 7.90. The lowest BCUT2D eigenvalue weighted by Gasteiger charge is -2.29. The molecule has 1 unspecified atom stereocenters. The maximum atomic E-state index is 13.8. The Balaban J connectivity index is 1.30. The first-order valence-corrected chi connectivity index (χ1v) is 19.2. The van der Waals surface area contributed by atoms with Crippen molar-refractivity contribution in [3.63, 3.8) is 0 Å². The van der Waals surface area contributed by atoms with Crippen LogP contribution in [0.3, 0.4) is 0 Å². The van der Waals surface area contributed by atoms with Crippen LogP contribution in [0.5, 0.6) is 11.5 Å². The van der Waals surface area contributed by atoms with Gasteiger partial charge >= 0.3 is 6.09 Å². The smallest absolute Gasteiger partial charge is 0.410 e. The van der Waals surface area contributed by atoms with E-state index in [1.165, 1.54) is 37.3 Å². The van der Waals surface area contributed by atoms with Crippen LogP contribution in [0.1, 0.15) is 66.0 Å². The number of hydrogen-bond donors (Lipinski definition) is 3. The van der Waals surface area contributed by atoms with Crippen LogP contribution in [0.2, 0.25) is 0 Å². The summed E-state index contributed by atoms with van der Waals surface area (Å²) >= 11 is 2.62. The minimum Gasteiger partial charge on any atom is -0.493 e. The number of thioether (sulfide) groups is 1. The third-order valence-electron chi connectivity index (χ3n) is 8.34. The molecule has 4 aromatic rings. The number of rotatable bonds is 12. The van der Waals surface area contributed by atoms with Crippen molar-refractivity contribution in [2.24, 2.45) is 0 Å². The predicted molar refractivity (Wildman–Crippen MR) is 214 cm³/mol. The molecule has 0 radical (unpaired) electrons. The molecule has 4 amide bonds. The highest BCUT2D eigenvalue weighted by molar-refractivity contribution is 8.00. The van der Waals surface area contributed by atoms with Gasteiger partial charge in [0.05, 0.1) is 31.6 Å². The van der Waals surface area contributed by atoms with Gasteiger partial charge in [-0.05, 0) is 93.3 Å². The summed E-state index contributed by atoms with van der Waals surface area (Å²) in [5.74, 6) is -0.335. The Bertz CT molecular complexity index is 2140. The maximum Gasteiger partial charge on any atom is 0.410 e. The summed E-state index contributed by atoms with van der Waals surface area (Å²) in [6.45, 7) is 8.04. The van der Waals surface area contributed by atoms with Crippen molar-refractivity contribution in [2.75, 3.05) is 31.4 Å². The predicted octanol–water partition coefficient (Wildman–Crippen LogP) is 7.85. The summed E-state index contributed by atoms with van der Waals surface area (Å²) in [7, 11) is 3.03. The third kappa shape index (κ3) is 10.5. The van der Waals surface area contributed by atoms with E-state index in [1.807, 2.05) is 33.8 Å². The maximum absolute atomic E-state index is 13.8. The SMILES string of the molecule is CCC(Sc1cccc(NC(=O)/C(=C\c2ccc(OC)c(OC)c2)NC(=O)c2ccccc2)c1)C(=O)Nc1sc2c(c1C#N)CCN(C(=O)OC(C)(C)C)C2. The number of carbonyl (C=O) groups is 4. The Morgan fingerprint density at radius 3 is 2.40 bits per heavy atom. The zero-order valence-corrected chi connectivity index (χ0v) is 33.1. The van der Waals surface area contributed by atoms with Gasteiger partial charge in [-0.15, -0.1) is 23.1 Å². The Morgan fingerprint density at radius 2 is 1.73 bits per heavy atom. The molecule has 0 aliphatic carbocycles. The second-order valence-electron chi connectivity index (χ2n) is 13.5. The number of thiophene rings is 1. The van der Waals surface area contributed by atoms with Crippen LogP contribution in [-0.2, 0) is 27.3 Å². The largest absolute Gasteiger partial charge is 0.493 e. The molecule has 55 heavy (non-hydrogen) atoms. The van der Waals surface area contributed by atoms with E-state index < -0.39 is 28.8 Å². The monoisotopic (exact) mass is 781 g/mol. The van der Waals surface area contributed by atoms with E-state index in [9.17, 15) is 24.4 Å². The lowest BCUT2D eigenvalue weighted by molar-refractivity contribution is -0.116. The molecule has 286 valence electrons. The number of anilines is 2. The van der Waals surface area contributed by atoms with E-state index in [2.05, 4.69) is 22.0 Å². The summed E-state index contributed by atoms with van der Waals surface area (Å²) in [6, 6.07) is 23.0. The van der Waals surface area contributed by atoms with Gasteiger partial charge in [0.1, 0.15) is 22.4 Å². The molecule has 0 fully saturated rings. The Kier molecular flexibility index (Phi) is 13.2. The topological polar surface area (TPSA) is 159 Å². The Hall–Kier alpha value is -5.78. The van der Waals surface area contributed by atoms with Gasteiger partial charge in [0, 0.05) is 27.6 Å². The van der Waals surface area contributed by atoms with Crippen molar-refractivity contribution in [1.82, 2.24) is 10.2 Å². The normalized spacial score (nSPS) is 13.1. The van der Waals surface area contributed by atoms with Crippen LogP contribution in [0.15, 0.2) is 83.4 Å². The Labute approximate surface area is 328 Å². The zero-order valence-electron chi connectivity index (χ0n) is 31.5. The van der Waals surface area contributed by atoms with Gasteiger partial charge in [-0.3, -0.25) is 14.4 Å². The molecule has 1 aliphatic heterocycles. The standard InChI is InChI=1S/C41H43N5O7S2/c1-7-34(38(49)45-39-30(23-42)29-18-19-46(24-35(29)55-39)40(50)53-41(2,3)4)54-28-15-11-14-27(22-28)43-37(48)31(44-36(47)26-12-9-8-10-13-26)20-25-16-17-32(51-5)33(21-25)52-6/h8-17,20-22,34H,7,18-19,24H2,1-6H3,(H,43,48)(H,44,47)(H,45,49)/b31-20+. The lowest BCUT2D eigenvalue weighted by atomic mass is 10.0. The van der Waals surface area contributed by atoms with Crippen molar-refractivity contribution in [3.8, 4) is 17.6 Å². The number of carbonyl (C=O) groups excluding carboxylic acids is 4. The fourth-order valence-electron chi connectivity index (χ4n) is 5.67. The summed E-state index contributed by atoms with van der Waals surface area (Å²) < 4.78 is 16.3. The molecule has 1 atom stereocenters. The molecular formula is C41H43N5O7S2. The van der Waals surface area contributed by atoms with Crippen LogP contribution in [-0.4, -0.2) is 60.3 Å². The summed E-state index contributed by atoms with van der Waals surface area (Å²) in [5.41, 5.74) is 2.03. The molecule has 5 rings (SSSR count). The highest BCUT2D eigenvalue weighted by atomic mass is 32.2. The molecule has 1 aromatic heterocycles. The molecule has 12 nitrogen and oxygen atoms in total. The quantitative estimate of drug-likeness (QED) is 0.0962. The number of benzene rings is 3. The van der Waals surface area contributed by atoms with E-state index in [4.69, 9.17) is 14.2 Å². The van der Waals surface area contributed by atoms with Crippen molar-refractivity contribution in [2.45, 2.75) is 62.8 Å². The zero-order chi connectivity index (χ0) is 39.7. The molecule has 0 spiro atoms. The molecule has 1 aliphatic rings. The molecule has 14 heteroatoms. The van der Waals surface area contributed by atoms with E-state index >= 15 is 0 Å². The van der Waals surface area contributed by atoms with Crippen LogP contribution in [0.4, 0.5) is 15.5 Å². The second-order valence-corrected chi connectivity index (χ2v) is 15.8. The lowest BCUT2D eigenvalue weighted by Crippen LogP contribution is -2.39. The van der Waals surface area contributed by atoms with Crippen LogP contribution < -0.4 is 25.4 Å². The van der Waals surface area contributed by atoms with Gasteiger partial charge in [0.2, 0.25) is 5.91 Å². The molecule has 2 heterocycles. The number of hydrogen-bond acceptors (Lipinski definition) is 10. The van der Waals surface area contributed by atoms with E-state index in [1.54, 1.807) is 77.7 Å². The van der Waals surface area contributed by atoms with Gasteiger partial charge in [0.15, 0.2) is 11.5 Å². The van der Waals surface area contributed by atoms with E-state index in [0.717, 1.165) is 15.3 Å². The summed E-state index contributed by atoms with van der Waals surface area (Å²) in [4.78, 5) is 56.4. The van der Waals surface area contributed by atoms with Crippen molar-refractivity contribution >= 4 is 63.7 Å².